The molecule has 29 heavy (non-hydrogen) atoms. The van der Waals surface area contributed by atoms with Gasteiger partial charge in [0.15, 0.2) is 6.61 Å². The van der Waals surface area contributed by atoms with Crippen molar-refractivity contribution in [3.8, 4) is 5.75 Å². The lowest BCUT2D eigenvalue weighted by Gasteiger charge is -2.28. The number of nitrogens with zero attached hydrogens (tertiary/aromatic N) is 1. The molecule has 0 saturated heterocycles. The van der Waals surface area contributed by atoms with E-state index in [2.05, 4.69) is 19.2 Å². The van der Waals surface area contributed by atoms with Crippen molar-refractivity contribution in [1.29, 1.82) is 0 Å². The van der Waals surface area contributed by atoms with Gasteiger partial charge in [-0.05, 0) is 43.4 Å². The highest BCUT2D eigenvalue weighted by molar-refractivity contribution is 5.87. The third kappa shape index (κ3) is 6.63. The Kier molecular flexibility index (Phi) is 8.71. The van der Waals surface area contributed by atoms with Gasteiger partial charge in [0.1, 0.15) is 11.8 Å². The first kappa shape index (κ1) is 22.5. The monoisotopic (exact) mass is 396 g/mol. The van der Waals surface area contributed by atoms with Gasteiger partial charge < -0.3 is 15.0 Å². The number of amides is 2. The second-order valence-electron chi connectivity index (χ2n) is 7.37. The molecule has 0 aliphatic heterocycles. The summed E-state index contributed by atoms with van der Waals surface area (Å²) in [7, 11) is 0. The topological polar surface area (TPSA) is 58.6 Å². The zero-order valence-corrected chi connectivity index (χ0v) is 17.9. The van der Waals surface area contributed by atoms with Gasteiger partial charge in [0.25, 0.3) is 5.91 Å². The Morgan fingerprint density at radius 2 is 1.66 bits per heavy atom. The Morgan fingerprint density at radius 1 is 1.00 bits per heavy atom. The summed E-state index contributed by atoms with van der Waals surface area (Å²) in [4.78, 5) is 27.0. The smallest absolute Gasteiger partial charge is 0.261 e. The number of hydrogen-bond acceptors (Lipinski definition) is 3. The van der Waals surface area contributed by atoms with Gasteiger partial charge in [-0.15, -0.1) is 0 Å². The molecule has 0 aliphatic carbocycles. The van der Waals surface area contributed by atoms with Crippen molar-refractivity contribution < 1.29 is 14.3 Å². The number of benzene rings is 2. The molecule has 0 spiro atoms. The summed E-state index contributed by atoms with van der Waals surface area (Å²) in [6, 6.07) is 17.1. The zero-order valence-electron chi connectivity index (χ0n) is 17.9. The number of carbonyl (C=O) groups excluding carboxylic acids is 2. The number of carbonyl (C=O) groups is 2. The fourth-order valence-corrected chi connectivity index (χ4v) is 3.20. The quantitative estimate of drug-likeness (QED) is 0.665. The lowest BCUT2D eigenvalue weighted by Crippen LogP contribution is -2.50. The predicted molar refractivity (Wildman–Crippen MR) is 116 cm³/mol. The Morgan fingerprint density at radius 3 is 2.31 bits per heavy atom. The number of para-hydroxylation sites is 1. The van der Waals surface area contributed by atoms with E-state index in [-0.39, 0.29) is 18.4 Å². The van der Waals surface area contributed by atoms with Crippen LogP contribution < -0.4 is 10.1 Å². The van der Waals surface area contributed by atoms with E-state index in [4.69, 9.17) is 4.74 Å². The summed E-state index contributed by atoms with van der Waals surface area (Å²) in [5.74, 6) is 0.656. The van der Waals surface area contributed by atoms with Crippen molar-refractivity contribution in [2.24, 2.45) is 0 Å². The van der Waals surface area contributed by atoms with Gasteiger partial charge in [-0.2, -0.15) is 0 Å². The van der Waals surface area contributed by atoms with E-state index < -0.39 is 6.04 Å². The van der Waals surface area contributed by atoms with E-state index in [9.17, 15) is 9.59 Å². The summed E-state index contributed by atoms with van der Waals surface area (Å²) >= 11 is 0. The molecular formula is C24H32N2O3. The maximum atomic E-state index is 13.0. The first-order chi connectivity index (χ1) is 13.9. The van der Waals surface area contributed by atoms with E-state index in [1.165, 1.54) is 0 Å². The van der Waals surface area contributed by atoms with Crippen molar-refractivity contribution in [3.63, 3.8) is 0 Å². The lowest BCUT2D eigenvalue weighted by molar-refractivity contribution is -0.141. The Labute approximate surface area is 174 Å². The largest absolute Gasteiger partial charge is 0.483 e. The van der Waals surface area contributed by atoms with Gasteiger partial charge in [0.05, 0.1) is 0 Å². The highest BCUT2D eigenvalue weighted by Gasteiger charge is 2.26. The molecule has 0 radical (unpaired) electrons. The lowest BCUT2D eigenvalue weighted by atomic mass is 10.0. The van der Waals surface area contributed by atoms with E-state index in [0.29, 0.717) is 31.2 Å². The van der Waals surface area contributed by atoms with Crippen LogP contribution in [0.1, 0.15) is 44.7 Å². The number of rotatable bonds is 10. The first-order valence-electron chi connectivity index (χ1n) is 10.3. The van der Waals surface area contributed by atoms with E-state index in [0.717, 1.165) is 11.1 Å². The van der Waals surface area contributed by atoms with Crippen LogP contribution in [0, 0.1) is 0 Å². The van der Waals surface area contributed by atoms with E-state index >= 15 is 0 Å². The van der Waals surface area contributed by atoms with Gasteiger partial charge in [0, 0.05) is 13.1 Å². The van der Waals surface area contributed by atoms with Crippen molar-refractivity contribution in [2.75, 3.05) is 19.7 Å². The summed E-state index contributed by atoms with van der Waals surface area (Å²) in [6.07, 6.45) is 0.679. The number of nitrogens with one attached hydrogen (secondary N) is 1. The average Bonchev–Trinajstić information content (AvgIpc) is 2.73. The van der Waals surface area contributed by atoms with Gasteiger partial charge in [-0.25, -0.2) is 0 Å². The normalized spacial score (nSPS) is 11.8. The molecule has 2 amide bonds. The number of likely N-dealkylation sites (N-methyl/N-ethyl adjacent to an activating group) is 1. The molecule has 1 atom stereocenters. The molecule has 0 aliphatic rings. The molecule has 156 valence electrons. The minimum atomic E-state index is -0.560. The van der Waals surface area contributed by atoms with E-state index in [1.54, 1.807) is 11.8 Å². The molecule has 0 fully saturated rings. The van der Waals surface area contributed by atoms with Crippen LogP contribution in [0.3, 0.4) is 0 Å². The molecule has 5 nitrogen and oxygen atoms in total. The predicted octanol–water partition coefficient (Wildman–Crippen LogP) is 3.78. The third-order valence-corrected chi connectivity index (χ3v) is 4.89. The van der Waals surface area contributed by atoms with Gasteiger partial charge >= 0.3 is 0 Å². The fraction of sp³-hybridized carbons (Fsp3) is 0.417. The second-order valence-corrected chi connectivity index (χ2v) is 7.37. The molecule has 0 aromatic heterocycles. The van der Waals surface area contributed by atoms with Crippen molar-refractivity contribution >= 4 is 11.8 Å². The SMILES string of the molecule is CCNC(=O)[C@@H](C)N(CCc1ccccc1)C(=O)COc1ccccc1C(C)C. The van der Waals surface area contributed by atoms with Gasteiger partial charge in [-0.1, -0.05) is 62.4 Å². The standard InChI is InChI=1S/C24H32N2O3/c1-5-25-24(28)19(4)26(16-15-20-11-7-6-8-12-20)23(27)17-29-22-14-10-9-13-21(22)18(2)3/h6-14,18-19H,5,15-17H2,1-4H3,(H,25,28)/t19-/m1/s1. The van der Waals surface area contributed by atoms with Gasteiger partial charge in [0.2, 0.25) is 5.91 Å². The highest BCUT2D eigenvalue weighted by Crippen LogP contribution is 2.25. The third-order valence-electron chi connectivity index (χ3n) is 4.89. The van der Waals surface area contributed by atoms with E-state index in [1.807, 2.05) is 61.5 Å². The summed E-state index contributed by atoms with van der Waals surface area (Å²) < 4.78 is 5.86. The van der Waals surface area contributed by atoms with Gasteiger partial charge in [-0.3, -0.25) is 9.59 Å². The minimum absolute atomic E-state index is 0.0950. The molecule has 0 saturated carbocycles. The maximum Gasteiger partial charge on any atom is 0.261 e. The molecule has 2 aromatic carbocycles. The maximum absolute atomic E-state index is 13.0. The van der Waals surface area contributed by atoms with Crippen LogP contribution in [-0.4, -0.2) is 42.5 Å². The first-order valence-corrected chi connectivity index (χ1v) is 10.3. The summed E-state index contributed by atoms with van der Waals surface area (Å²) in [5, 5.41) is 2.80. The summed E-state index contributed by atoms with van der Waals surface area (Å²) in [6.45, 7) is 8.70. The molecule has 5 heteroatoms. The number of hydrogen-bond donors (Lipinski definition) is 1. The molecule has 0 unspecified atom stereocenters. The van der Waals surface area contributed by atoms with Crippen LogP contribution in [0.15, 0.2) is 54.6 Å². The Balaban J connectivity index is 2.10. The fourth-order valence-electron chi connectivity index (χ4n) is 3.20. The Hall–Kier alpha value is -2.82. The van der Waals surface area contributed by atoms with Crippen LogP contribution in [0.25, 0.3) is 0 Å². The van der Waals surface area contributed by atoms with Crippen LogP contribution in [0.5, 0.6) is 5.75 Å². The molecular weight excluding hydrogens is 364 g/mol. The minimum Gasteiger partial charge on any atom is -0.483 e. The second kappa shape index (κ2) is 11.2. The molecule has 2 aromatic rings. The molecule has 0 bridgehead atoms. The Bertz CT molecular complexity index is 790. The van der Waals surface area contributed by atoms with Crippen LogP contribution in [-0.2, 0) is 16.0 Å². The highest BCUT2D eigenvalue weighted by atomic mass is 16.5. The van der Waals surface area contributed by atoms with Crippen molar-refractivity contribution in [3.05, 3.63) is 65.7 Å². The molecule has 2 rings (SSSR count). The zero-order chi connectivity index (χ0) is 21.2. The van der Waals surface area contributed by atoms with Crippen LogP contribution >= 0.6 is 0 Å². The number of ether oxygens (including phenoxy) is 1. The van der Waals surface area contributed by atoms with Crippen molar-refractivity contribution in [1.82, 2.24) is 10.2 Å². The van der Waals surface area contributed by atoms with Crippen LogP contribution in [0.4, 0.5) is 0 Å². The molecule has 1 N–H and O–H groups in total. The van der Waals surface area contributed by atoms with Crippen LogP contribution in [0.2, 0.25) is 0 Å². The molecule has 0 heterocycles. The summed E-state index contributed by atoms with van der Waals surface area (Å²) in [5.41, 5.74) is 2.19. The average molecular weight is 397 g/mol. The van der Waals surface area contributed by atoms with Crippen molar-refractivity contribution in [2.45, 2.75) is 46.1 Å².